The molecule has 158 valence electrons. The molecule has 5 nitrogen and oxygen atoms in total. The van der Waals surface area contributed by atoms with Crippen LogP contribution in [0.4, 0.5) is 0 Å². The number of allylic oxidation sites excluding steroid dienone is 4. The second-order valence-corrected chi connectivity index (χ2v) is 10.1. The van der Waals surface area contributed by atoms with Gasteiger partial charge in [0.05, 0.1) is 12.2 Å². The van der Waals surface area contributed by atoms with Gasteiger partial charge in [-0.15, -0.1) is 0 Å². The predicted molar refractivity (Wildman–Crippen MR) is 115 cm³/mol. The Bertz CT molecular complexity index is 947. The SMILES string of the molecule is CC1=CC2=C(CC1C)CC1(C2)OC(N2CCC3(CC2)OCC2C=CC=CC23)=NC1=O. The summed E-state index contributed by atoms with van der Waals surface area (Å²) in [6.45, 7) is 6.91. The average Bonchev–Trinajstić information content (AvgIpc) is 3.38. The lowest BCUT2D eigenvalue weighted by atomic mass is 9.74. The Morgan fingerprint density at radius 3 is 2.80 bits per heavy atom. The summed E-state index contributed by atoms with van der Waals surface area (Å²) in [6.07, 6.45) is 15.5. The quantitative estimate of drug-likeness (QED) is 0.612. The van der Waals surface area contributed by atoms with Crippen LogP contribution in [0.2, 0.25) is 0 Å². The van der Waals surface area contributed by atoms with Crippen LogP contribution in [0.3, 0.4) is 0 Å². The van der Waals surface area contributed by atoms with Gasteiger partial charge in [-0.2, -0.15) is 4.99 Å². The van der Waals surface area contributed by atoms with Crippen LogP contribution in [0.15, 0.2) is 52.1 Å². The van der Waals surface area contributed by atoms with Gasteiger partial charge >= 0.3 is 0 Å². The number of likely N-dealkylation sites (tertiary alicyclic amines) is 1. The minimum absolute atomic E-state index is 0.0737. The lowest BCUT2D eigenvalue weighted by Gasteiger charge is -2.42. The Hall–Kier alpha value is -2.14. The van der Waals surface area contributed by atoms with Gasteiger partial charge in [0.15, 0.2) is 0 Å². The fourth-order valence-corrected chi connectivity index (χ4v) is 6.34. The van der Waals surface area contributed by atoms with E-state index in [1.807, 2.05) is 0 Å². The molecule has 2 spiro atoms. The van der Waals surface area contributed by atoms with Crippen LogP contribution in [-0.2, 0) is 14.3 Å². The van der Waals surface area contributed by atoms with E-state index in [-0.39, 0.29) is 11.5 Å². The van der Waals surface area contributed by atoms with Crippen molar-refractivity contribution in [3.8, 4) is 0 Å². The molecule has 0 N–H and O–H groups in total. The number of amidine groups is 1. The molecule has 30 heavy (non-hydrogen) atoms. The molecule has 0 aromatic rings. The number of carbonyl (C=O) groups is 1. The van der Waals surface area contributed by atoms with Gasteiger partial charge in [0.25, 0.3) is 11.9 Å². The fourth-order valence-electron chi connectivity index (χ4n) is 6.34. The number of aliphatic imine (C=N–C) groups is 1. The Morgan fingerprint density at radius 2 is 1.97 bits per heavy atom. The van der Waals surface area contributed by atoms with Crippen molar-refractivity contribution >= 4 is 11.9 Å². The molecule has 4 unspecified atom stereocenters. The average molecular weight is 407 g/mol. The molecule has 2 fully saturated rings. The molecule has 2 saturated heterocycles. The number of piperidine rings is 1. The number of amides is 1. The lowest BCUT2D eigenvalue weighted by Crippen LogP contribution is -2.50. The number of nitrogens with zero attached hydrogens (tertiary/aromatic N) is 2. The van der Waals surface area contributed by atoms with Gasteiger partial charge in [-0.3, -0.25) is 4.79 Å². The maximum Gasteiger partial charge on any atom is 0.296 e. The van der Waals surface area contributed by atoms with Gasteiger partial charge in [0.2, 0.25) is 5.60 Å². The van der Waals surface area contributed by atoms with E-state index in [2.05, 4.69) is 54.1 Å². The monoisotopic (exact) mass is 406 g/mol. The summed E-state index contributed by atoms with van der Waals surface area (Å²) in [5, 5.41) is 0. The summed E-state index contributed by atoms with van der Waals surface area (Å²) in [4.78, 5) is 19.5. The van der Waals surface area contributed by atoms with E-state index in [1.54, 1.807) is 0 Å². The van der Waals surface area contributed by atoms with Crippen molar-refractivity contribution < 1.29 is 14.3 Å². The summed E-state index contributed by atoms with van der Waals surface area (Å²) < 4.78 is 12.7. The first-order valence-electron chi connectivity index (χ1n) is 11.4. The van der Waals surface area contributed by atoms with Crippen molar-refractivity contribution in [2.45, 2.75) is 57.2 Å². The topological polar surface area (TPSA) is 51.1 Å². The second-order valence-electron chi connectivity index (χ2n) is 10.1. The van der Waals surface area contributed by atoms with E-state index in [4.69, 9.17) is 9.47 Å². The first kappa shape index (κ1) is 18.6. The molecule has 6 rings (SSSR count). The zero-order valence-corrected chi connectivity index (χ0v) is 17.9. The Balaban J connectivity index is 1.14. The number of hydrogen-bond donors (Lipinski definition) is 0. The number of ether oxygens (including phenoxy) is 2. The fraction of sp³-hybridized carbons (Fsp3) is 0.600. The van der Waals surface area contributed by atoms with Crippen LogP contribution in [-0.4, -0.2) is 47.7 Å². The van der Waals surface area contributed by atoms with Crippen LogP contribution in [0, 0.1) is 17.8 Å². The first-order chi connectivity index (χ1) is 14.5. The van der Waals surface area contributed by atoms with E-state index < -0.39 is 5.60 Å². The molecule has 5 heteroatoms. The summed E-state index contributed by atoms with van der Waals surface area (Å²) in [6, 6.07) is 0.539. The van der Waals surface area contributed by atoms with E-state index in [0.29, 0.717) is 36.6 Å². The van der Waals surface area contributed by atoms with Crippen molar-refractivity contribution in [2.24, 2.45) is 22.7 Å². The molecule has 3 aliphatic heterocycles. The maximum atomic E-state index is 13.0. The largest absolute Gasteiger partial charge is 0.447 e. The highest BCUT2D eigenvalue weighted by Gasteiger charge is 2.54. The van der Waals surface area contributed by atoms with Gasteiger partial charge in [-0.05, 0) is 37.7 Å². The van der Waals surface area contributed by atoms with Crippen LogP contribution in [0.5, 0.6) is 0 Å². The molecule has 1 amide bonds. The normalized spacial score (nSPS) is 38.8. The number of carbonyl (C=O) groups excluding carboxylic acids is 1. The highest BCUT2D eigenvalue weighted by atomic mass is 16.5. The zero-order valence-electron chi connectivity index (χ0n) is 17.9. The molecule has 3 heterocycles. The summed E-state index contributed by atoms with van der Waals surface area (Å²) in [5.74, 6) is 1.42. The molecule has 0 saturated carbocycles. The molecular weight excluding hydrogens is 376 g/mol. The van der Waals surface area contributed by atoms with E-state index in [9.17, 15) is 4.79 Å². The molecule has 0 aromatic heterocycles. The highest BCUT2D eigenvalue weighted by molar-refractivity contribution is 6.02. The summed E-state index contributed by atoms with van der Waals surface area (Å²) >= 11 is 0. The lowest BCUT2D eigenvalue weighted by molar-refractivity contribution is -0.130. The molecule has 3 aliphatic carbocycles. The molecule has 0 bridgehead atoms. The number of hydrogen-bond acceptors (Lipinski definition) is 4. The Morgan fingerprint density at radius 1 is 1.17 bits per heavy atom. The van der Waals surface area contributed by atoms with Crippen molar-refractivity contribution in [2.75, 3.05) is 19.7 Å². The van der Waals surface area contributed by atoms with Gasteiger partial charge in [0, 0.05) is 37.8 Å². The number of rotatable bonds is 0. The first-order valence-corrected chi connectivity index (χ1v) is 11.4. The molecule has 6 aliphatic rings. The van der Waals surface area contributed by atoms with E-state index in [1.165, 1.54) is 16.7 Å². The Labute approximate surface area is 178 Å². The summed E-state index contributed by atoms with van der Waals surface area (Å²) in [5.41, 5.74) is 3.23. The minimum Gasteiger partial charge on any atom is -0.447 e. The third-order valence-corrected chi connectivity index (χ3v) is 8.33. The van der Waals surface area contributed by atoms with E-state index in [0.717, 1.165) is 39.0 Å². The van der Waals surface area contributed by atoms with Gasteiger partial charge in [0.1, 0.15) is 0 Å². The maximum absolute atomic E-state index is 13.0. The molecular formula is C25H30N2O3. The highest BCUT2D eigenvalue weighted by Crippen LogP contribution is 2.49. The van der Waals surface area contributed by atoms with Crippen LogP contribution >= 0.6 is 0 Å². The van der Waals surface area contributed by atoms with Crippen molar-refractivity contribution in [3.05, 3.63) is 47.1 Å². The van der Waals surface area contributed by atoms with Gasteiger partial charge in [-0.25, -0.2) is 0 Å². The van der Waals surface area contributed by atoms with Gasteiger partial charge in [-0.1, -0.05) is 48.5 Å². The molecule has 0 radical (unpaired) electrons. The van der Waals surface area contributed by atoms with Crippen LogP contribution < -0.4 is 0 Å². The third-order valence-electron chi connectivity index (χ3n) is 8.33. The second kappa shape index (κ2) is 6.43. The van der Waals surface area contributed by atoms with E-state index >= 15 is 0 Å². The standard InChI is InChI=1S/C25H30N2O3/c1-16-11-19-13-25(14-20(19)12-17(16)2)22(28)26-23(30-25)27-9-7-24(8-10-27)21-6-4-3-5-18(21)15-29-24/h3-6,11,17-18,21H,7-10,12-15H2,1-2H3. The van der Waals surface area contributed by atoms with Crippen LogP contribution in [0.1, 0.15) is 46.0 Å². The molecule has 0 aromatic carbocycles. The zero-order chi connectivity index (χ0) is 20.5. The minimum atomic E-state index is -0.790. The number of fused-ring (bicyclic) bond motifs is 2. The predicted octanol–water partition coefficient (Wildman–Crippen LogP) is 3.94. The van der Waals surface area contributed by atoms with Crippen molar-refractivity contribution in [1.29, 1.82) is 0 Å². The van der Waals surface area contributed by atoms with Crippen molar-refractivity contribution in [3.63, 3.8) is 0 Å². The third kappa shape index (κ3) is 2.64. The summed E-state index contributed by atoms with van der Waals surface area (Å²) in [7, 11) is 0. The molecule has 4 atom stereocenters. The van der Waals surface area contributed by atoms with Gasteiger partial charge < -0.3 is 14.4 Å². The van der Waals surface area contributed by atoms with Crippen molar-refractivity contribution in [1.82, 2.24) is 4.90 Å². The Kier molecular flexibility index (Phi) is 3.99. The smallest absolute Gasteiger partial charge is 0.296 e. The van der Waals surface area contributed by atoms with Crippen LogP contribution in [0.25, 0.3) is 0 Å².